The first kappa shape index (κ1) is 10.3. The minimum Gasteiger partial charge on any atom is -0.383 e. The Morgan fingerprint density at radius 3 is 2.64 bits per heavy atom. The number of pyridine rings is 1. The van der Waals surface area contributed by atoms with Gasteiger partial charge in [0.25, 0.3) is 6.43 Å². The molecule has 4 N–H and O–H groups in total. The van der Waals surface area contributed by atoms with Crippen LogP contribution >= 0.6 is 0 Å². The van der Waals surface area contributed by atoms with Crippen LogP contribution in [0.5, 0.6) is 0 Å². The van der Waals surface area contributed by atoms with Crippen LogP contribution in [-0.4, -0.2) is 4.98 Å². The zero-order valence-electron chi connectivity index (χ0n) is 7.17. The third-order valence-electron chi connectivity index (χ3n) is 1.71. The quantitative estimate of drug-likeness (QED) is 0.739. The molecule has 0 fully saturated rings. The molecule has 1 heterocycles. The lowest BCUT2D eigenvalue weighted by atomic mass is 10.1. The molecule has 0 saturated carbocycles. The van der Waals surface area contributed by atoms with Gasteiger partial charge in [0.1, 0.15) is 17.6 Å². The van der Waals surface area contributed by atoms with E-state index in [-0.39, 0.29) is 17.9 Å². The summed E-state index contributed by atoms with van der Waals surface area (Å²) in [5.41, 5.74) is 10.3. The van der Waals surface area contributed by atoms with Gasteiger partial charge < -0.3 is 11.5 Å². The van der Waals surface area contributed by atoms with Crippen LogP contribution < -0.4 is 11.5 Å². The first-order valence-corrected chi connectivity index (χ1v) is 3.77. The number of anilines is 1. The Morgan fingerprint density at radius 1 is 1.57 bits per heavy atom. The minimum absolute atomic E-state index is 0.0539. The van der Waals surface area contributed by atoms with Gasteiger partial charge in [-0.05, 0) is 6.07 Å². The van der Waals surface area contributed by atoms with E-state index in [1.807, 2.05) is 0 Å². The third kappa shape index (κ3) is 1.78. The van der Waals surface area contributed by atoms with Crippen molar-refractivity contribution < 1.29 is 8.78 Å². The number of halogens is 2. The van der Waals surface area contributed by atoms with Crippen LogP contribution in [0.15, 0.2) is 6.07 Å². The molecule has 0 radical (unpaired) electrons. The number of nitriles is 1. The van der Waals surface area contributed by atoms with Gasteiger partial charge in [0, 0.05) is 12.1 Å². The molecule has 1 aromatic heterocycles. The number of alkyl halides is 2. The van der Waals surface area contributed by atoms with Gasteiger partial charge in [-0.15, -0.1) is 0 Å². The summed E-state index contributed by atoms with van der Waals surface area (Å²) in [4.78, 5) is 3.44. The standard InChI is InChI=1S/C8H8F2N4/c9-7(10)6-4(2-11)1-5(3-12)8(13)14-6/h1,7H,3,12H2,(H2,13,14). The van der Waals surface area contributed by atoms with E-state index in [4.69, 9.17) is 16.7 Å². The molecular formula is C8H8F2N4. The Hall–Kier alpha value is -1.74. The van der Waals surface area contributed by atoms with Crippen molar-refractivity contribution in [2.75, 3.05) is 5.73 Å². The zero-order chi connectivity index (χ0) is 10.7. The highest BCUT2D eigenvalue weighted by Crippen LogP contribution is 2.23. The fourth-order valence-corrected chi connectivity index (χ4v) is 1.00. The molecule has 1 aromatic rings. The van der Waals surface area contributed by atoms with Crippen LogP contribution in [0.4, 0.5) is 14.6 Å². The van der Waals surface area contributed by atoms with Gasteiger partial charge >= 0.3 is 0 Å². The van der Waals surface area contributed by atoms with Crippen LogP contribution in [0.3, 0.4) is 0 Å². The number of rotatable bonds is 2. The maximum Gasteiger partial charge on any atom is 0.281 e. The van der Waals surface area contributed by atoms with Gasteiger partial charge in [0.15, 0.2) is 0 Å². The van der Waals surface area contributed by atoms with Gasteiger partial charge in [-0.1, -0.05) is 0 Å². The molecule has 0 aromatic carbocycles. The summed E-state index contributed by atoms with van der Waals surface area (Å²) in [6.07, 6.45) is -2.81. The molecule has 0 unspecified atom stereocenters. The highest BCUT2D eigenvalue weighted by Gasteiger charge is 2.17. The van der Waals surface area contributed by atoms with Crippen LogP contribution in [0.1, 0.15) is 23.2 Å². The van der Waals surface area contributed by atoms with Gasteiger partial charge in [0.2, 0.25) is 0 Å². The first-order chi connectivity index (χ1) is 6.60. The van der Waals surface area contributed by atoms with Crippen molar-refractivity contribution in [1.82, 2.24) is 4.98 Å². The number of nitrogen functional groups attached to an aromatic ring is 1. The number of aromatic nitrogens is 1. The zero-order valence-corrected chi connectivity index (χ0v) is 7.17. The Labute approximate surface area is 79.1 Å². The molecule has 0 atom stereocenters. The predicted molar refractivity (Wildman–Crippen MR) is 46.2 cm³/mol. The second-order valence-electron chi connectivity index (χ2n) is 2.58. The van der Waals surface area contributed by atoms with E-state index in [9.17, 15) is 8.78 Å². The molecular weight excluding hydrogens is 190 g/mol. The van der Waals surface area contributed by atoms with E-state index in [1.54, 1.807) is 6.07 Å². The van der Waals surface area contributed by atoms with E-state index in [2.05, 4.69) is 4.98 Å². The largest absolute Gasteiger partial charge is 0.383 e. The highest BCUT2D eigenvalue weighted by atomic mass is 19.3. The Morgan fingerprint density at radius 2 is 2.21 bits per heavy atom. The van der Waals surface area contributed by atoms with E-state index in [0.29, 0.717) is 5.56 Å². The topological polar surface area (TPSA) is 88.7 Å². The molecule has 1 rings (SSSR count). The fourth-order valence-electron chi connectivity index (χ4n) is 1.00. The van der Waals surface area contributed by atoms with Crippen molar-refractivity contribution >= 4 is 5.82 Å². The van der Waals surface area contributed by atoms with Gasteiger partial charge in [-0.2, -0.15) is 5.26 Å². The Kier molecular flexibility index (Phi) is 2.94. The molecule has 0 aliphatic carbocycles. The lowest BCUT2D eigenvalue weighted by molar-refractivity contribution is 0.146. The lowest BCUT2D eigenvalue weighted by Gasteiger charge is -2.06. The summed E-state index contributed by atoms with van der Waals surface area (Å²) in [6.45, 7) is 0.0665. The van der Waals surface area contributed by atoms with Gasteiger partial charge in [-0.25, -0.2) is 13.8 Å². The maximum absolute atomic E-state index is 12.3. The lowest BCUT2D eigenvalue weighted by Crippen LogP contribution is -2.07. The summed E-state index contributed by atoms with van der Waals surface area (Å²) in [6, 6.07) is 2.87. The molecule has 74 valence electrons. The second kappa shape index (κ2) is 3.98. The summed E-state index contributed by atoms with van der Waals surface area (Å²) in [7, 11) is 0. The van der Waals surface area contributed by atoms with Crippen LogP contribution in [0, 0.1) is 11.3 Å². The predicted octanol–water partition coefficient (Wildman–Crippen LogP) is 0.932. The van der Waals surface area contributed by atoms with Crippen molar-refractivity contribution in [3.05, 3.63) is 22.9 Å². The van der Waals surface area contributed by atoms with Gasteiger partial charge in [-0.3, -0.25) is 0 Å². The molecule has 6 heteroatoms. The molecule has 0 saturated heterocycles. The minimum atomic E-state index is -2.81. The third-order valence-corrected chi connectivity index (χ3v) is 1.71. The van der Waals surface area contributed by atoms with Crippen molar-refractivity contribution in [3.63, 3.8) is 0 Å². The van der Waals surface area contributed by atoms with Crippen LogP contribution in [0.2, 0.25) is 0 Å². The average Bonchev–Trinajstić information content (AvgIpc) is 2.17. The highest BCUT2D eigenvalue weighted by molar-refractivity contribution is 5.48. The number of nitrogens with two attached hydrogens (primary N) is 2. The smallest absolute Gasteiger partial charge is 0.281 e. The van der Waals surface area contributed by atoms with Crippen molar-refractivity contribution in [1.29, 1.82) is 5.26 Å². The molecule has 0 amide bonds. The van der Waals surface area contributed by atoms with E-state index in [1.165, 1.54) is 6.07 Å². The SMILES string of the molecule is N#Cc1cc(CN)c(N)nc1C(F)F. The normalized spacial score (nSPS) is 10.2. The van der Waals surface area contributed by atoms with Crippen molar-refractivity contribution in [2.24, 2.45) is 5.73 Å². The molecule has 14 heavy (non-hydrogen) atoms. The molecule has 4 nitrogen and oxygen atoms in total. The van der Waals surface area contributed by atoms with Crippen molar-refractivity contribution in [3.8, 4) is 6.07 Å². The van der Waals surface area contributed by atoms with Crippen molar-refractivity contribution in [2.45, 2.75) is 13.0 Å². The summed E-state index contributed by atoms with van der Waals surface area (Å²) in [5, 5.41) is 8.57. The van der Waals surface area contributed by atoms with Crippen LogP contribution in [-0.2, 0) is 6.54 Å². The second-order valence-corrected chi connectivity index (χ2v) is 2.58. The number of nitrogens with zero attached hydrogens (tertiary/aromatic N) is 2. The Balaban J connectivity index is 3.33. The summed E-state index contributed by atoms with van der Waals surface area (Å²) < 4.78 is 24.7. The monoisotopic (exact) mass is 198 g/mol. The molecule has 0 spiro atoms. The fraction of sp³-hybridized carbons (Fsp3) is 0.250. The maximum atomic E-state index is 12.3. The molecule has 0 aliphatic heterocycles. The number of hydrogen-bond acceptors (Lipinski definition) is 4. The molecule has 0 aliphatic rings. The first-order valence-electron chi connectivity index (χ1n) is 3.77. The van der Waals surface area contributed by atoms with Gasteiger partial charge in [0.05, 0.1) is 5.56 Å². The number of hydrogen-bond donors (Lipinski definition) is 2. The average molecular weight is 198 g/mol. The van der Waals surface area contributed by atoms with E-state index >= 15 is 0 Å². The summed E-state index contributed by atoms with van der Waals surface area (Å²) >= 11 is 0. The molecule has 0 bridgehead atoms. The van der Waals surface area contributed by atoms with E-state index in [0.717, 1.165) is 0 Å². The van der Waals surface area contributed by atoms with Crippen LogP contribution in [0.25, 0.3) is 0 Å². The Bertz CT molecular complexity index is 384. The van der Waals surface area contributed by atoms with E-state index < -0.39 is 12.1 Å². The summed E-state index contributed by atoms with van der Waals surface area (Å²) in [5.74, 6) is -0.0539.